The van der Waals surface area contributed by atoms with Gasteiger partial charge in [0.05, 0.1) is 11.4 Å². The maximum atomic E-state index is 11.6. The summed E-state index contributed by atoms with van der Waals surface area (Å²) < 4.78 is 1.54. The highest BCUT2D eigenvalue weighted by atomic mass is 16.4. The fourth-order valence-corrected chi connectivity index (χ4v) is 2.20. The summed E-state index contributed by atoms with van der Waals surface area (Å²) in [6.07, 6.45) is 4.89. The van der Waals surface area contributed by atoms with E-state index < -0.39 is 5.97 Å². The van der Waals surface area contributed by atoms with E-state index in [1.807, 2.05) is 6.07 Å². The van der Waals surface area contributed by atoms with E-state index in [1.54, 1.807) is 49.8 Å². The predicted octanol–water partition coefficient (Wildman–Crippen LogP) is 2.34. The molecule has 0 aromatic carbocycles. The molecule has 21 heavy (non-hydrogen) atoms. The fourth-order valence-electron chi connectivity index (χ4n) is 2.20. The molecule has 0 saturated heterocycles. The van der Waals surface area contributed by atoms with Gasteiger partial charge in [0.1, 0.15) is 5.56 Å². The van der Waals surface area contributed by atoms with Crippen molar-refractivity contribution < 1.29 is 9.90 Å². The Hall–Kier alpha value is -3.02. The number of aromatic carboxylic acids is 1. The summed E-state index contributed by atoms with van der Waals surface area (Å²) in [4.78, 5) is 19.9. The van der Waals surface area contributed by atoms with Crippen molar-refractivity contribution in [1.82, 2.24) is 19.7 Å². The second-order valence-corrected chi connectivity index (χ2v) is 4.46. The van der Waals surface area contributed by atoms with Crippen LogP contribution in [0.15, 0.2) is 48.9 Å². The summed E-state index contributed by atoms with van der Waals surface area (Å²) >= 11 is 0. The highest BCUT2D eigenvalue weighted by Gasteiger charge is 2.23. The number of hydrogen-bond donors (Lipinski definition) is 1. The molecule has 0 atom stereocenters. The number of aryl methyl sites for hydroxylation is 1. The number of rotatable bonds is 3. The lowest BCUT2D eigenvalue weighted by atomic mass is 10.1. The Labute approximate surface area is 120 Å². The Morgan fingerprint density at radius 1 is 1.19 bits per heavy atom. The molecule has 0 fully saturated rings. The van der Waals surface area contributed by atoms with Crippen LogP contribution < -0.4 is 0 Å². The standard InChI is InChI=1S/C15H12N4O2/c1-10-13(15(20)21)14(11-5-4-7-16-9-11)19(18-10)12-6-2-3-8-17-12/h2-9H,1H3,(H,20,21). The molecule has 3 aromatic rings. The van der Waals surface area contributed by atoms with Gasteiger partial charge in [0.25, 0.3) is 0 Å². The summed E-state index contributed by atoms with van der Waals surface area (Å²) in [7, 11) is 0. The Kier molecular flexibility index (Phi) is 3.19. The summed E-state index contributed by atoms with van der Waals surface area (Å²) in [5.41, 5.74) is 1.76. The number of carboxylic acid groups (broad SMARTS) is 1. The highest BCUT2D eigenvalue weighted by Crippen LogP contribution is 2.27. The SMILES string of the molecule is Cc1nn(-c2ccccn2)c(-c2cccnc2)c1C(=O)O. The second kappa shape index (κ2) is 5.16. The summed E-state index contributed by atoms with van der Waals surface area (Å²) in [5, 5.41) is 13.8. The summed E-state index contributed by atoms with van der Waals surface area (Å²) in [6.45, 7) is 1.67. The van der Waals surface area contributed by atoms with E-state index in [-0.39, 0.29) is 5.56 Å². The molecule has 0 bridgehead atoms. The van der Waals surface area contributed by atoms with Gasteiger partial charge in [-0.2, -0.15) is 5.10 Å². The molecule has 3 rings (SSSR count). The van der Waals surface area contributed by atoms with Crippen molar-refractivity contribution in [1.29, 1.82) is 0 Å². The van der Waals surface area contributed by atoms with Crippen LogP contribution >= 0.6 is 0 Å². The zero-order chi connectivity index (χ0) is 14.8. The van der Waals surface area contributed by atoms with Crippen molar-refractivity contribution in [2.24, 2.45) is 0 Å². The average molecular weight is 280 g/mol. The second-order valence-electron chi connectivity index (χ2n) is 4.46. The van der Waals surface area contributed by atoms with E-state index in [0.717, 1.165) is 0 Å². The summed E-state index contributed by atoms with van der Waals surface area (Å²) in [6, 6.07) is 8.95. The van der Waals surface area contributed by atoms with Gasteiger partial charge >= 0.3 is 5.97 Å². The van der Waals surface area contributed by atoms with E-state index in [4.69, 9.17) is 0 Å². The first-order valence-corrected chi connectivity index (χ1v) is 6.33. The van der Waals surface area contributed by atoms with Crippen LogP contribution in [0, 0.1) is 6.92 Å². The number of carbonyl (C=O) groups is 1. The lowest BCUT2D eigenvalue weighted by Crippen LogP contribution is -2.04. The van der Waals surface area contributed by atoms with Crippen molar-refractivity contribution in [2.45, 2.75) is 6.92 Å². The molecule has 0 aliphatic carbocycles. The minimum absolute atomic E-state index is 0.161. The molecule has 0 aliphatic rings. The minimum Gasteiger partial charge on any atom is -0.478 e. The lowest BCUT2D eigenvalue weighted by Gasteiger charge is -2.07. The van der Waals surface area contributed by atoms with E-state index in [9.17, 15) is 9.90 Å². The van der Waals surface area contributed by atoms with Crippen LogP contribution in [0.4, 0.5) is 0 Å². The molecule has 3 heterocycles. The van der Waals surface area contributed by atoms with Gasteiger partial charge in [-0.15, -0.1) is 0 Å². The minimum atomic E-state index is -1.02. The molecule has 0 amide bonds. The van der Waals surface area contributed by atoms with Crippen molar-refractivity contribution in [3.8, 4) is 17.1 Å². The first-order chi connectivity index (χ1) is 10.2. The van der Waals surface area contributed by atoms with Crippen LogP contribution in [0.5, 0.6) is 0 Å². The molecular weight excluding hydrogens is 268 g/mol. The fraction of sp³-hybridized carbons (Fsp3) is 0.0667. The lowest BCUT2D eigenvalue weighted by molar-refractivity contribution is 0.0697. The molecule has 0 aliphatic heterocycles. The van der Waals surface area contributed by atoms with Gasteiger partial charge in [0.15, 0.2) is 5.82 Å². The maximum absolute atomic E-state index is 11.6. The molecular formula is C15H12N4O2. The Morgan fingerprint density at radius 2 is 2.05 bits per heavy atom. The predicted molar refractivity (Wildman–Crippen MR) is 76.3 cm³/mol. The Bertz CT molecular complexity index is 782. The maximum Gasteiger partial charge on any atom is 0.339 e. The molecule has 3 aromatic heterocycles. The average Bonchev–Trinajstić information content (AvgIpc) is 2.86. The highest BCUT2D eigenvalue weighted by molar-refractivity contribution is 5.96. The van der Waals surface area contributed by atoms with Crippen molar-refractivity contribution >= 4 is 5.97 Å². The molecule has 6 nitrogen and oxygen atoms in total. The van der Waals surface area contributed by atoms with Crippen LogP contribution in [0.3, 0.4) is 0 Å². The van der Waals surface area contributed by atoms with Gasteiger partial charge in [0.2, 0.25) is 0 Å². The first kappa shape index (κ1) is 13.0. The van der Waals surface area contributed by atoms with Gasteiger partial charge in [0, 0.05) is 24.2 Å². The van der Waals surface area contributed by atoms with Gasteiger partial charge in [-0.3, -0.25) is 4.98 Å². The van der Waals surface area contributed by atoms with Gasteiger partial charge in [-0.05, 0) is 31.2 Å². The largest absolute Gasteiger partial charge is 0.478 e. The molecule has 6 heteroatoms. The summed E-state index contributed by atoms with van der Waals surface area (Å²) in [5.74, 6) is -0.458. The number of aromatic nitrogens is 4. The first-order valence-electron chi connectivity index (χ1n) is 6.33. The molecule has 104 valence electrons. The Morgan fingerprint density at radius 3 is 2.67 bits per heavy atom. The molecule has 0 saturated carbocycles. The van der Waals surface area contributed by atoms with E-state index >= 15 is 0 Å². The third kappa shape index (κ3) is 2.27. The van der Waals surface area contributed by atoms with Crippen LogP contribution in [0.1, 0.15) is 16.1 Å². The topological polar surface area (TPSA) is 80.9 Å². The normalized spacial score (nSPS) is 10.5. The third-order valence-electron chi connectivity index (χ3n) is 3.08. The number of carboxylic acids is 1. The van der Waals surface area contributed by atoms with Crippen molar-refractivity contribution in [3.63, 3.8) is 0 Å². The van der Waals surface area contributed by atoms with Gasteiger partial charge in [-0.25, -0.2) is 14.5 Å². The zero-order valence-corrected chi connectivity index (χ0v) is 11.3. The van der Waals surface area contributed by atoms with E-state index in [1.165, 1.54) is 4.68 Å². The van der Waals surface area contributed by atoms with E-state index in [2.05, 4.69) is 15.1 Å². The smallest absolute Gasteiger partial charge is 0.339 e. The molecule has 1 N–H and O–H groups in total. The zero-order valence-electron chi connectivity index (χ0n) is 11.3. The van der Waals surface area contributed by atoms with Crippen LogP contribution in [-0.4, -0.2) is 30.8 Å². The van der Waals surface area contributed by atoms with Crippen molar-refractivity contribution in [2.75, 3.05) is 0 Å². The van der Waals surface area contributed by atoms with Crippen molar-refractivity contribution in [3.05, 3.63) is 60.2 Å². The molecule has 0 spiro atoms. The Balaban J connectivity index is 2.32. The number of nitrogens with zero attached hydrogens (tertiary/aromatic N) is 4. The molecule has 0 unspecified atom stereocenters. The van der Waals surface area contributed by atoms with Gasteiger partial charge in [-0.1, -0.05) is 6.07 Å². The number of pyridine rings is 2. The molecule has 0 radical (unpaired) electrons. The quantitative estimate of drug-likeness (QED) is 0.796. The van der Waals surface area contributed by atoms with Crippen LogP contribution in [-0.2, 0) is 0 Å². The number of hydrogen-bond acceptors (Lipinski definition) is 4. The third-order valence-corrected chi connectivity index (χ3v) is 3.08. The monoisotopic (exact) mass is 280 g/mol. The van der Waals surface area contributed by atoms with Gasteiger partial charge < -0.3 is 5.11 Å². The van der Waals surface area contributed by atoms with E-state index in [0.29, 0.717) is 22.8 Å². The van der Waals surface area contributed by atoms with Crippen LogP contribution in [0.2, 0.25) is 0 Å². The van der Waals surface area contributed by atoms with Crippen LogP contribution in [0.25, 0.3) is 17.1 Å².